The minimum absolute atomic E-state index is 0.694. The molecule has 12 heavy (non-hydrogen) atoms. The molecule has 4 heteroatoms. The summed E-state index contributed by atoms with van der Waals surface area (Å²) in [6, 6.07) is 0. The number of aliphatic hydroxyl groups is 1. The Bertz CT molecular complexity index is 249. The van der Waals surface area contributed by atoms with E-state index in [2.05, 4.69) is 29.8 Å². The molecule has 0 radical (unpaired) electrons. The summed E-state index contributed by atoms with van der Waals surface area (Å²) in [5.74, 6) is 0. The Hall–Kier alpha value is -0.613. The van der Waals surface area contributed by atoms with Crippen LogP contribution < -0.4 is 0 Å². The van der Waals surface area contributed by atoms with Gasteiger partial charge >= 0.3 is 0 Å². The molecule has 0 aromatic carbocycles. The zero-order chi connectivity index (χ0) is 9.41. The zero-order valence-electron chi connectivity index (χ0n) is 8.05. The first-order valence-electron chi connectivity index (χ1n) is 4.07. The second-order valence-corrected chi connectivity index (χ2v) is 9.78. The molecular formula is C8H16N2OSi. The minimum atomic E-state index is -1.59. The molecule has 1 heterocycles. The SMILES string of the molecule is CC(O)(c1cn[nH]c1)[Si](C)(C)C. The van der Waals surface area contributed by atoms with Crippen molar-refractivity contribution in [2.45, 2.75) is 31.8 Å². The third-order valence-electron chi connectivity index (χ3n) is 2.52. The van der Waals surface area contributed by atoms with Gasteiger partial charge in [-0.25, -0.2) is 0 Å². The summed E-state index contributed by atoms with van der Waals surface area (Å²) in [4.78, 5) is 0. The predicted molar refractivity (Wildman–Crippen MR) is 51.5 cm³/mol. The summed E-state index contributed by atoms with van der Waals surface area (Å²) in [5.41, 5.74) is 0.890. The predicted octanol–water partition coefficient (Wildman–Crippen LogP) is 1.49. The summed E-state index contributed by atoms with van der Waals surface area (Å²) in [5, 5.41) is 16.1. The van der Waals surface area contributed by atoms with Crippen molar-refractivity contribution in [2.75, 3.05) is 0 Å². The Labute approximate surface area is 73.8 Å². The van der Waals surface area contributed by atoms with Crippen LogP contribution in [0.2, 0.25) is 19.6 Å². The van der Waals surface area contributed by atoms with Crippen molar-refractivity contribution in [2.24, 2.45) is 0 Å². The third kappa shape index (κ3) is 1.44. The quantitative estimate of drug-likeness (QED) is 0.684. The fourth-order valence-corrected chi connectivity index (χ4v) is 1.95. The number of aromatic nitrogens is 2. The van der Waals surface area contributed by atoms with E-state index >= 15 is 0 Å². The van der Waals surface area contributed by atoms with Gasteiger partial charge in [0.05, 0.1) is 19.5 Å². The molecule has 1 aromatic heterocycles. The van der Waals surface area contributed by atoms with E-state index in [0.717, 1.165) is 5.56 Å². The van der Waals surface area contributed by atoms with Crippen LogP contribution in [-0.4, -0.2) is 23.4 Å². The number of nitrogens with zero attached hydrogens (tertiary/aromatic N) is 1. The van der Waals surface area contributed by atoms with Gasteiger partial charge in [0, 0.05) is 11.8 Å². The maximum absolute atomic E-state index is 10.2. The Balaban J connectivity index is 3.02. The average molecular weight is 184 g/mol. The van der Waals surface area contributed by atoms with Gasteiger partial charge < -0.3 is 5.11 Å². The van der Waals surface area contributed by atoms with E-state index in [1.165, 1.54) is 0 Å². The standard InChI is InChI=1S/C8H16N2OSi/c1-8(11,12(2,3)4)7-5-9-10-6-7/h5-6,11H,1-4H3,(H,9,10). The van der Waals surface area contributed by atoms with Crippen molar-refractivity contribution >= 4 is 8.07 Å². The minimum Gasteiger partial charge on any atom is -0.389 e. The lowest BCUT2D eigenvalue weighted by atomic mass is 10.2. The van der Waals surface area contributed by atoms with E-state index in [1.807, 2.05) is 6.92 Å². The number of hydrogen-bond acceptors (Lipinski definition) is 2. The molecule has 0 aliphatic carbocycles. The number of aromatic amines is 1. The van der Waals surface area contributed by atoms with Crippen LogP contribution >= 0.6 is 0 Å². The molecule has 1 aromatic rings. The van der Waals surface area contributed by atoms with E-state index in [9.17, 15) is 5.11 Å². The van der Waals surface area contributed by atoms with Gasteiger partial charge in [-0.15, -0.1) is 0 Å². The Morgan fingerprint density at radius 2 is 2.08 bits per heavy atom. The van der Waals surface area contributed by atoms with Crippen LogP contribution in [0, 0.1) is 0 Å². The maximum atomic E-state index is 10.2. The molecular weight excluding hydrogens is 168 g/mol. The van der Waals surface area contributed by atoms with Crippen molar-refractivity contribution in [1.29, 1.82) is 0 Å². The van der Waals surface area contributed by atoms with Crippen LogP contribution in [0.4, 0.5) is 0 Å². The highest BCUT2D eigenvalue weighted by Crippen LogP contribution is 2.30. The Kier molecular flexibility index (Phi) is 2.14. The highest BCUT2D eigenvalue weighted by Gasteiger charge is 2.39. The monoisotopic (exact) mass is 184 g/mol. The van der Waals surface area contributed by atoms with E-state index in [4.69, 9.17) is 0 Å². The van der Waals surface area contributed by atoms with Crippen LogP contribution in [0.1, 0.15) is 12.5 Å². The van der Waals surface area contributed by atoms with Gasteiger partial charge in [-0.3, -0.25) is 5.10 Å². The molecule has 1 atom stereocenters. The second-order valence-electron chi connectivity index (χ2n) is 4.31. The van der Waals surface area contributed by atoms with E-state index in [1.54, 1.807) is 12.4 Å². The number of rotatable bonds is 2. The molecule has 0 bridgehead atoms. The lowest BCUT2D eigenvalue weighted by Crippen LogP contribution is -2.46. The van der Waals surface area contributed by atoms with Crippen molar-refractivity contribution in [3.8, 4) is 0 Å². The lowest BCUT2D eigenvalue weighted by Gasteiger charge is -2.34. The van der Waals surface area contributed by atoms with E-state index in [0.29, 0.717) is 0 Å². The topological polar surface area (TPSA) is 48.9 Å². The summed E-state index contributed by atoms with van der Waals surface area (Å²) < 4.78 is 0. The first-order valence-corrected chi connectivity index (χ1v) is 7.57. The molecule has 3 nitrogen and oxygen atoms in total. The molecule has 0 saturated heterocycles. The average Bonchev–Trinajstić information content (AvgIpc) is 2.34. The van der Waals surface area contributed by atoms with Gasteiger partial charge in [0.1, 0.15) is 0 Å². The van der Waals surface area contributed by atoms with Crippen LogP contribution in [-0.2, 0) is 5.22 Å². The zero-order valence-corrected chi connectivity index (χ0v) is 9.05. The molecule has 0 fully saturated rings. The van der Waals surface area contributed by atoms with Gasteiger partial charge in [-0.05, 0) is 6.92 Å². The molecule has 0 aliphatic heterocycles. The van der Waals surface area contributed by atoms with Crippen LogP contribution in [0.25, 0.3) is 0 Å². The lowest BCUT2D eigenvalue weighted by molar-refractivity contribution is 0.136. The van der Waals surface area contributed by atoms with Gasteiger partial charge in [-0.1, -0.05) is 19.6 Å². The summed E-state index contributed by atoms with van der Waals surface area (Å²) in [7, 11) is -1.59. The number of H-pyrrole nitrogens is 1. The molecule has 0 saturated carbocycles. The van der Waals surface area contributed by atoms with E-state index in [-0.39, 0.29) is 0 Å². The number of nitrogens with one attached hydrogen (secondary N) is 1. The first kappa shape index (κ1) is 9.47. The largest absolute Gasteiger partial charge is 0.389 e. The summed E-state index contributed by atoms with van der Waals surface area (Å²) >= 11 is 0. The molecule has 1 unspecified atom stereocenters. The molecule has 0 amide bonds. The fraction of sp³-hybridized carbons (Fsp3) is 0.625. The van der Waals surface area contributed by atoms with Gasteiger partial charge in [-0.2, -0.15) is 5.10 Å². The highest BCUT2D eigenvalue weighted by molar-refractivity contribution is 6.78. The van der Waals surface area contributed by atoms with Crippen molar-refractivity contribution < 1.29 is 5.11 Å². The first-order chi connectivity index (χ1) is 5.36. The fourth-order valence-electron chi connectivity index (χ4n) is 0.950. The van der Waals surface area contributed by atoms with Gasteiger partial charge in [0.15, 0.2) is 0 Å². The van der Waals surface area contributed by atoms with Gasteiger partial charge in [0.2, 0.25) is 0 Å². The Morgan fingerprint density at radius 1 is 1.50 bits per heavy atom. The maximum Gasteiger partial charge on any atom is 0.0875 e. The smallest absolute Gasteiger partial charge is 0.0875 e. The molecule has 0 aliphatic rings. The summed E-state index contributed by atoms with van der Waals surface area (Å²) in [6.45, 7) is 8.28. The highest BCUT2D eigenvalue weighted by atomic mass is 28.3. The van der Waals surface area contributed by atoms with Gasteiger partial charge in [0.25, 0.3) is 0 Å². The number of hydrogen-bond donors (Lipinski definition) is 2. The van der Waals surface area contributed by atoms with Crippen molar-refractivity contribution in [3.63, 3.8) is 0 Å². The van der Waals surface area contributed by atoms with Crippen LogP contribution in [0.5, 0.6) is 0 Å². The molecule has 0 spiro atoms. The van der Waals surface area contributed by atoms with Crippen molar-refractivity contribution in [3.05, 3.63) is 18.0 Å². The van der Waals surface area contributed by atoms with Crippen LogP contribution in [0.15, 0.2) is 12.4 Å². The Morgan fingerprint density at radius 3 is 2.42 bits per heavy atom. The normalized spacial score (nSPS) is 17.4. The van der Waals surface area contributed by atoms with E-state index < -0.39 is 13.3 Å². The molecule has 68 valence electrons. The third-order valence-corrected chi connectivity index (χ3v) is 5.73. The summed E-state index contributed by atoms with van der Waals surface area (Å²) in [6.07, 6.45) is 3.45. The second kappa shape index (κ2) is 2.71. The molecule has 1 rings (SSSR count). The van der Waals surface area contributed by atoms with Crippen molar-refractivity contribution in [1.82, 2.24) is 10.2 Å². The van der Waals surface area contributed by atoms with Crippen LogP contribution in [0.3, 0.4) is 0 Å². The molecule has 2 N–H and O–H groups in total.